The number of aliphatic hydroxyl groups is 5. The van der Waals surface area contributed by atoms with Gasteiger partial charge in [-0.2, -0.15) is 0 Å². The molecular formula is C46H69O13P. The number of unbranched alkanes of at least 4 members (excludes halogenated alkanes) is 7. The number of phosphoric acid groups is 1. The van der Waals surface area contributed by atoms with Crippen molar-refractivity contribution in [2.75, 3.05) is 13.2 Å². The van der Waals surface area contributed by atoms with Crippen LogP contribution in [0.15, 0.2) is 122 Å². The van der Waals surface area contributed by atoms with Crippen LogP contribution >= 0.6 is 7.82 Å². The molecule has 0 saturated heterocycles. The van der Waals surface area contributed by atoms with Crippen molar-refractivity contribution in [2.45, 2.75) is 140 Å². The zero-order valence-corrected chi connectivity index (χ0v) is 36.1. The standard InChI is InChI=1S/C46H69O13P/c1-3-5-7-9-11-13-15-17-18-19-20-21-23-24-26-28-30-32-34-39(47)56-36-38(37-57-60(54,55)59-46-44(52)42(50)41(49)43(51)45(46)53)58-40(48)35-33-31-29-27-25-22-16-14-12-10-8-6-4-2/h6-22,25,27,29,38,41-46,49-53H,3-5,23-24,26,28,30-37H2,1-2H3,(H,54,55)/b8-6+,9-7+,12-10+,13-11+,16-14+,17-15+,19-18+,21-20+,25-22+,29-27+/t38?,41?,42-,43?,44?,45?,46?/m0/s1. The molecule has 1 aliphatic carbocycles. The molecule has 0 spiro atoms. The van der Waals surface area contributed by atoms with Crippen LogP contribution in [0.1, 0.15) is 97.3 Å². The van der Waals surface area contributed by atoms with Crippen LogP contribution in [0.5, 0.6) is 0 Å². The van der Waals surface area contributed by atoms with Crippen LogP contribution in [0, 0.1) is 0 Å². The number of ether oxygens (including phenoxy) is 2. The monoisotopic (exact) mass is 860 g/mol. The summed E-state index contributed by atoms with van der Waals surface area (Å²) in [5.41, 5.74) is 0. The van der Waals surface area contributed by atoms with E-state index >= 15 is 0 Å². The van der Waals surface area contributed by atoms with Crippen molar-refractivity contribution < 1.29 is 63.1 Å². The Hall–Kier alpha value is -3.75. The van der Waals surface area contributed by atoms with Gasteiger partial charge in [0.2, 0.25) is 0 Å². The van der Waals surface area contributed by atoms with Crippen molar-refractivity contribution in [1.29, 1.82) is 0 Å². The third-order valence-electron chi connectivity index (χ3n) is 8.77. The molecular weight excluding hydrogens is 791 g/mol. The molecule has 6 N–H and O–H groups in total. The van der Waals surface area contributed by atoms with E-state index in [9.17, 15) is 44.6 Å². The van der Waals surface area contributed by atoms with E-state index in [4.69, 9.17) is 18.5 Å². The average molecular weight is 861 g/mol. The molecule has 0 aromatic carbocycles. The number of phosphoric ester groups is 1. The number of hydrogen-bond acceptors (Lipinski definition) is 12. The number of rotatable bonds is 31. The van der Waals surface area contributed by atoms with Gasteiger partial charge in [0.1, 0.15) is 43.2 Å². The molecule has 7 unspecified atom stereocenters. The maximum absolute atomic E-state index is 12.8. The molecule has 1 aliphatic rings. The van der Waals surface area contributed by atoms with Crippen LogP contribution in [0.2, 0.25) is 0 Å². The fraction of sp³-hybridized carbons (Fsp3) is 0.522. The molecule has 0 radical (unpaired) electrons. The van der Waals surface area contributed by atoms with Crippen LogP contribution in [0.3, 0.4) is 0 Å². The molecule has 336 valence electrons. The Morgan fingerprint density at radius 3 is 1.50 bits per heavy atom. The van der Waals surface area contributed by atoms with Gasteiger partial charge in [-0.25, -0.2) is 4.57 Å². The van der Waals surface area contributed by atoms with Crippen LogP contribution < -0.4 is 0 Å². The van der Waals surface area contributed by atoms with Crippen molar-refractivity contribution in [1.82, 2.24) is 0 Å². The highest BCUT2D eigenvalue weighted by Crippen LogP contribution is 2.47. The Morgan fingerprint density at radius 2 is 0.967 bits per heavy atom. The van der Waals surface area contributed by atoms with Crippen molar-refractivity contribution >= 4 is 19.8 Å². The second-order valence-corrected chi connectivity index (χ2v) is 15.4. The SMILES string of the molecule is CC/C=C/C=C/C=C/C=C/C=C/CCCC(=O)OC(COC(=O)CCCCCCC/C=C/C=C/C=C/C=C/C=C/CCC)COP(=O)(O)OC1C(O)C(O)C(O)[C@H](O)C1O. The fourth-order valence-electron chi connectivity index (χ4n) is 5.40. The highest BCUT2D eigenvalue weighted by atomic mass is 31.2. The van der Waals surface area contributed by atoms with Gasteiger partial charge in [-0.3, -0.25) is 18.6 Å². The first kappa shape index (κ1) is 54.3. The number of carbonyl (C=O) groups excluding carboxylic acids is 2. The molecule has 60 heavy (non-hydrogen) atoms. The number of allylic oxidation sites excluding steroid dienone is 20. The molecule has 0 amide bonds. The van der Waals surface area contributed by atoms with E-state index in [0.717, 1.165) is 51.4 Å². The minimum absolute atomic E-state index is 0.0144. The fourth-order valence-corrected chi connectivity index (χ4v) is 6.38. The molecule has 8 atom stereocenters. The summed E-state index contributed by atoms with van der Waals surface area (Å²) >= 11 is 0. The lowest BCUT2D eigenvalue weighted by atomic mass is 9.85. The van der Waals surface area contributed by atoms with E-state index < -0.39 is 75.7 Å². The molecule has 0 aromatic rings. The number of esters is 2. The molecule has 1 saturated carbocycles. The number of carbonyl (C=O) groups is 2. The summed E-state index contributed by atoms with van der Waals surface area (Å²) in [6, 6.07) is 0. The maximum Gasteiger partial charge on any atom is 0.472 e. The van der Waals surface area contributed by atoms with Crippen molar-refractivity contribution in [3.05, 3.63) is 122 Å². The van der Waals surface area contributed by atoms with Gasteiger partial charge in [0, 0.05) is 12.8 Å². The van der Waals surface area contributed by atoms with E-state index in [0.29, 0.717) is 19.3 Å². The van der Waals surface area contributed by atoms with E-state index in [1.807, 2.05) is 103 Å². The first-order valence-corrected chi connectivity index (χ1v) is 22.5. The molecule has 0 aromatic heterocycles. The minimum atomic E-state index is -5.15. The first-order valence-electron chi connectivity index (χ1n) is 21.0. The normalized spacial score (nSPS) is 23.4. The quantitative estimate of drug-likeness (QED) is 0.0174. The van der Waals surface area contributed by atoms with Crippen LogP contribution in [-0.2, 0) is 32.7 Å². The van der Waals surface area contributed by atoms with Crippen LogP contribution in [-0.4, -0.2) is 98.3 Å². The lowest BCUT2D eigenvalue weighted by Crippen LogP contribution is -2.64. The smallest absolute Gasteiger partial charge is 0.462 e. The summed E-state index contributed by atoms with van der Waals surface area (Å²) in [6.45, 7) is 2.94. The summed E-state index contributed by atoms with van der Waals surface area (Å²) in [4.78, 5) is 35.6. The minimum Gasteiger partial charge on any atom is -0.462 e. The van der Waals surface area contributed by atoms with Crippen molar-refractivity contribution in [3.8, 4) is 0 Å². The summed E-state index contributed by atoms with van der Waals surface area (Å²) in [7, 11) is -5.15. The van der Waals surface area contributed by atoms with Crippen molar-refractivity contribution in [2.24, 2.45) is 0 Å². The van der Waals surface area contributed by atoms with Crippen LogP contribution in [0.25, 0.3) is 0 Å². The Bertz CT molecular complexity index is 1510. The van der Waals surface area contributed by atoms with Crippen molar-refractivity contribution in [3.63, 3.8) is 0 Å². The Balaban J connectivity index is 2.58. The first-order chi connectivity index (χ1) is 28.9. The molecule has 0 bridgehead atoms. The summed E-state index contributed by atoms with van der Waals surface area (Å²) in [5.74, 6) is -1.23. The molecule has 0 heterocycles. The van der Waals surface area contributed by atoms with Crippen LogP contribution in [0.4, 0.5) is 0 Å². The number of hydrogen-bond donors (Lipinski definition) is 6. The van der Waals surface area contributed by atoms with E-state index in [2.05, 4.69) is 32.1 Å². The zero-order chi connectivity index (χ0) is 44.3. The van der Waals surface area contributed by atoms with Gasteiger partial charge in [0.25, 0.3) is 0 Å². The third-order valence-corrected chi connectivity index (χ3v) is 9.76. The third kappa shape index (κ3) is 27.2. The van der Waals surface area contributed by atoms with Gasteiger partial charge >= 0.3 is 19.8 Å². The predicted octanol–water partition coefficient (Wildman–Crippen LogP) is 7.43. The van der Waals surface area contributed by atoms with E-state index in [1.54, 1.807) is 0 Å². The largest absolute Gasteiger partial charge is 0.472 e. The Morgan fingerprint density at radius 1 is 0.533 bits per heavy atom. The highest BCUT2D eigenvalue weighted by Gasteiger charge is 2.51. The lowest BCUT2D eigenvalue weighted by molar-refractivity contribution is -0.220. The lowest BCUT2D eigenvalue weighted by Gasteiger charge is -2.41. The molecule has 1 fully saturated rings. The second kappa shape index (κ2) is 34.9. The van der Waals surface area contributed by atoms with Gasteiger partial charge in [0.15, 0.2) is 6.10 Å². The highest BCUT2D eigenvalue weighted by molar-refractivity contribution is 7.47. The summed E-state index contributed by atoms with van der Waals surface area (Å²) in [5, 5.41) is 50.0. The van der Waals surface area contributed by atoms with Gasteiger partial charge < -0.3 is 39.9 Å². The average Bonchev–Trinajstić information content (AvgIpc) is 3.23. The van der Waals surface area contributed by atoms with Gasteiger partial charge in [0.05, 0.1) is 6.61 Å². The molecule has 14 heteroatoms. The van der Waals surface area contributed by atoms with Gasteiger partial charge in [-0.05, 0) is 44.9 Å². The Kier molecular flexibility index (Phi) is 31.6. The van der Waals surface area contributed by atoms with E-state index in [1.165, 1.54) is 0 Å². The van der Waals surface area contributed by atoms with E-state index in [-0.39, 0.29) is 12.8 Å². The molecule has 13 nitrogen and oxygen atoms in total. The Labute approximate surface area is 356 Å². The van der Waals surface area contributed by atoms with Gasteiger partial charge in [-0.15, -0.1) is 0 Å². The molecule has 0 aliphatic heterocycles. The topological polar surface area (TPSA) is 210 Å². The van der Waals surface area contributed by atoms with Gasteiger partial charge in [-0.1, -0.05) is 161 Å². The molecule has 1 rings (SSSR count). The summed E-state index contributed by atoms with van der Waals surface area (Å²) < 4.78 is 33.3. The number of aliphatic hydroxyl groups excluding tert-OH is 5. The second-order valence-electron chi connectivity index (χ2n) is 14.0. The summed E-state index contributed by atoms with van der Waals surface area (Å²) in [6.07, 6.45) is 35.5. The zero-order valence-electron chi connectivity index (χ0n) is 35.2. The predicted molar refractivity (Wildman–Crippen MR) is 234 cm³/mol. The maximum atomic E-state index is 12.8.